The van der Waals surface area contributed by atoms with Gasteiger partial charge in [0, 0.05) is 5.56 Å². The lowest BCUT2D eigenvalue weighted by Gasteiger charge is -2.34. The van der Waals surface area contributed by atoms with Crippen LogP contribution in [-0.4, -0.2) is 19.7 Å². The molecule has 27 heavy (non-hydrogen) atoms. The number of rotatable bonds is 5. The van der Waals surface area contributed by atoms with Crippen LogP contribution in [0.5, 0.6) is 11.5 Å². The van der Waals surface area contributed by atoms with E-state index in [-0.39, 0.29) is 12.1 Å². The summed E-state index contributed by atoms with van der Waals surface area (Å²) in [6.07, 6.45) is 3.54. The van der Waals surface area contributed by atoms with Crippen LogP contribution < -0.4 is 20.1 Å². The summed E-state index contributed by atoms with van der Waals surface area (Å²) in [5, 5.41) is 6.06. The van der Waals surface area contributed by atoms with Crippen molar-refractivity contribution in [1.29, 1.82) is 0 Å². The van der Waals surface area contributed by atoms with E-state index in [1.54, 1.807) is 13.2 Å². The molecule has 0 aromatic heterocycles. The van der Waals surface area contributed by atoms with Gasteiger partial charge in [-0.05, 0) is 41.7 Å². The number of ether oxygens (including phenoxy) is 2. The van der Waals surface area contributed by atoms with Gasteiger partial charge in [-0.1, -0.05) is 43.0 Å². The molecule has 1 aliphatic carbocycles. The Hall–Kier alpha value is -3.21. The van der Waals surface area contributed by atoms with Crippen molar-refractivity contribution in [1.82, 2.24) is 10.6 Å². The summed E-state index contributed by atoms with van der Waals surface area (Å²) in [5.74, 6) is 1.30. The molecule has 1 atom stereocenters. The van der Waals surface area contributed by atoms with Crippen molar-refractivity contribution < 1.29 is 14.3 Å². The molecule has 0 fully saturated rings. The third-order valence-electron chi connectivity index (χ3n) is 5.01. The predicted molar refractivity (Wildman–Crippen MR) is 105 cm³/mol. The van der Waals surface area contributed by atoms with Crippen LogP contribution in [0.25, 0.3) is 5.70 Å². The largest absolute Gasteiger partial charge is 0.493 e. The minimum Gasteiger partial charge on any atom is -0.493 e. The zero-order valence-electron chi connectivity index (χ0n) is 15.2. The van der Waals surface area contributed by atoms with Crippen molar-refractivity contribution >= 4 is 11.7 Å². The van der Waals surface area contributed by atoms with Crippen LogP contribution in [0.3, 0.4) is 0 Å². The molecule has 1 aliphatic heterocycles. The molecule has 0 spiro atoms. The molecular formula is C22H22N2O3. The van der Waals surface area contributed by atoms with Crippen LogP contribution in [0.4, 0.5) is 4.79 Å². The topological polar surface area (TPSA) is 59.6 Å². The van der Waals surface area contributed by atoms with Gasteiger partial charge >= 0.3 is 6.03 Å². The zero-order chi connectivity index (χ0) is 18.8. The minimum atomic E-state index is -0.193. The molecule has 5 heteroatoms. The SMILES string of the molecule is C=CCOc1ccc(C2NC(=O)NC3=C2CCc2ccccc23)cc1OC. The maximum atomic E-state index is 12.4. The highest BCUT2D eigenvalue weighted by atomic mass is 16.5. The molecule has 0 saturated carbocycles. The number of aryl methyl sites for hydroxylation is 1. The number of fused-ring (bicyclic) bond motifs is 2. The standard InChI is InChI=1S/C22H22N2O3/c1-3-12-27-18-11-9-15(13-19(18)26-2)20-17-10-8-14-6-4-5-7-16(14)21(17)24-22(25)23-20/h3-7,9,11,13,20H,1,8,10,12H2,2H3,(H2,23,24,25). The highest BCUT2D eigenvalue weighted by Gasteiger charge is 2.32. The van der Waals surface area contributed by atoms with Gasteiger partial charge in [0.1, 0.15) is 6.61 Å². The van der Waals surface area contributed by atoms with Crippen molar-refractivity contribution in [2.75, 3.05) is 13.7 Å². The van der Waals surface area contributed by atoms with Gasteiger partial charge in [0.05, 0.1) is 18.8 Å². The fourth-order valence-corrected chi connectivity index (χ4v) is 3.77. The maximum absolute atomic E-state index is 12.4. The average Bonchev–Trinajstić information content (AvgIpc) is 2.71. The van der Waals surface area contributed by atoms with E-state index in [2.05, 4.69) is 29.3 Å². The average molecular weight is 362 g/mol. The van der Waals surface area contributed by atoms with Crippen molar-refractivity contribution in [3.05, 3.63) is 77.4 Å². The summed E-state index contributed by atoms with van der Waals surface area (Å²) in [6, 6.07) is 13.6. The van der Waals surface area contributed by atoms with Gasteiger partial charge in [0.15, 0.2) is 11.5 Å². The van der Waals surface area contributed by atoms with Crippen LogP contribution in [0.1, 0.15) is 29.2 Å². The van der Waals surface area contributed by atoms with Gasteiger partial charge in [-0.15, -0.1) is 0 Å². The van der Waals surface area contributed by atoms with Gasteiger partial charge in [0.2, 0.25) is 0 Å². The highest BCUT2D eigenvalue weighted by Crippen LogP contribution is 2.40. The molecular weight excluding hydrogens is 340 g/mol. The molecule has 138 valence electrons. The van der Waals surface area contributed by atoms with Crippen LogP contribution >= 0.6 is 0 Å². The number of nitrogens with one attached hydrogen (secondary N) is 2. The fourth-order valence-electron chi connectivity index (χ4n) is 3.77. The zero-order valence-corrected chi connectivity index (χ0v) is 15.2. The molecule has 0 saturated heterocycles. The number of benzene rings is 2. The summed E-state index contributed by atoms with van der Waals surface area (Å²) < 4.78 is 11.1. The van der Waals surface area contributed by atoms with E-state index >= 15 is 0 Å². The summed E-state index contributed by atoms with van der Waals surface area (Å²) >= 11 is 0. The van der Waals surface area contributed by atoms with E-state index < -0.39 is 0 Å². The van der Waals surface area contributed by atoms with E-state index in [0.29, 0.717) is 18.1 Å². The van der Waals surface area contributed by atoms with Gasteiger partial charge in [-0.25, -0.2) is 4.79 Å². The number of methoxy groups -OCH3 is 1. The molecule has 1 heterocycles. The first kappa shape index (κ1) is 17.2. The molecule has 1 unspecified atom stereocenters. The molecule has 5 nitrogen and oxygen atoms in total. The van der Waals surface area contributed by atoms with Crippen LogP contribution in [0.2, 0.25) is 0 Å². The molecule has 4 rings (SSSR count). The lowest BCUT2D eigenvalue weighted by molar-refractivity contribution is 0.240. The summed E-state index contributed by atoms with van der Waals surface area (Å²) in [6.45, 7) is 4.08. The first-order valence-electron chi connectivity index (χ1n) is 9.01. The van der Waals surface area contributed by atoms with Gasteiger partial charge < -0.3 is 20.1 Å². The van der Waals surface area contributed by atoms with E-state index in [0.717, 1.165) is 29.7 Å². The Morgan fingerprint density at radius 2 is 2.04 bits per heavy atom. The smallest absolute Gasteiger partial charge is 0.319 e. The van der Waals surface area contributed by atoms with E-state index in [1.807, 2.05) is 30.3 Å². The Labute approximate surface area is 158 Å². The summed E-state index contributed by atoms with van der Waals surface area (Å²) in [5.41, 5.74) is 5.46. The van der Waals surface area contributed by atoms with Gasteiger partial charge in [-0.3, -0.25) is 0 Å². The van der Waals surface area contributed by atoms with Crippen LogP contribution in [0, 0.1) is 0 Å². The Bertz CT molecular complexity index is 933. The first-order chi connectivity index (χ1) is 13.2. The quantitative estimate of drug-likeness (QED) is 0.791. The van der Waals surface area contributed by atoms with Gasteiger partial charge in [0.25, 0.3) is 0 Å². The van der Waals surface area contributed by atoms with E-state index in [1.165, 1.54) is 11.1 Å². The third-order valence-corrected chi connectivity index (χ3v) is 5.01. The van der Waals surface area contributed by atoms with E-state index in [4.69, 9.17) is 9.47 Å². The van der Waals surface area contributed by atoms with E-state index in [9.17, 15) is 4.79 Å². The minimum absolute atomic E-state index is 0.190. The van der Waals surface area contributed by atoms with Crippen molar-refractivity contribution in [3.8, 4) is 11.5 Å². The lowest BCUT2D eigenvalue weighted by Crippen LogP contribution is -2.44. The predicted octanol–water partition coefficient (Wildman–Crippen LogP) is 3.97. The maximum Gasteiger partial charge on any atom is 0.319 e. The second kappa shape index (κ2) is 7.19. The third kappa shape index (κ3) is 3.16. The molecule has 2 aromatic carbocycles. The molecule has 0 bridgehead atoms. The highest BCUT2D eigenvalue weighted by molar-refractivity contribution is 5.91. The van der Waals surface area contributed by atoms with Gasteiger partial charge in [-0.2, -0.15) is 0 Å². The van der Waals surface area contributed by atoms with Crippen LogP contribution in [0.15, 0.2) is 60.7 Å². The number of urea groups is 1. The molecule has 2 aliphatic rings. The van der Waals surface area contributed by atoms with Crippen molar-refractivity contribution in [2.24, 2.45) is 0 Å². The Balaban J connectivity index is 1.75. The number of hydrogen-bond acceptors (Lipinski definition) is 3. The van der Waals surface area contributed by atoms with Crippen LogP contribution in [-0.2, 0) is 6.42 Å². The molecule has 2 N–H and O–H groups in total. The molecule has 2 amide bonds. The second-order valence-electron chi connectivity index (χ2n) is 6.60. The van der Waals surface area contributed by atoms with Crippen molar-refractivity contribution in [3.63, 3.8) is 0 Å². The number of amides is 2. The normalized spacial score (nSPS) is 18.0. The Morgan fingerprint density at radius 3 is 2.85 bits per heavy atom. The second-order valence-corrected chi connectivity index (χ2v) is 6.60. The lowest BCUT2D eigenvalue weighted by atomic mass is 9.83. The number of carbonyl (C=O) groups is 1. The Kier molecular flexibility index (Phi) is 4.59. The summed E-state index contributed by atoms with van der Waals surface area (Å²) in [4.78, 5) is 12.4. The Morgan fingerprint density at radius 1 is 1.19 bits per heavy atom. The number of carbonyl (C=O) groups excluding carboxylic acids is 1. The number of hydrogen-bond donors (Lipinski definition) is 2. The fraction of sp³-hybridized carbons (Fsp3) is 0.227. The summed E-state index contributed by atoms with van der Waals surface area (Å²) in [7, 11) is 1.61. The monoisotopic (exact) mass is 362 g/mol. The molecule has 2 aromatic rings. The molecule has 0 radical (unpaired) electrons. The first-order valence-corrected chi connectivity index (χ1v) is 9.01. The van der Waals surface area contributed by atoms with Crippen molar-refractivity contribution in [2.45, 2.75) is 18.9 Å².